The largest absolute Gasteiger partial charge is 0.478 e. The van der Waals surface area contributed by atoms with Gasteiger partial charge in [-0.1, -0.05) is 19.3 Å². The van der Waals surface area contributed by atoms with Crippen LogP contribution in [0.2, 0.25) is 0 Å². The third-order valence-electron chi connectivity index (χ3n) is 4.43. The van der Waals surface area contributed by atoms with Crippen LogP contribution in [-0.2, 0) is 0 Å². The van der Waals surface area contributed by atoms with Crippen LogP contribution in [0.4, 0.5) is 4.79 Å². The van der Waals surface area contributed by atoms with Crippen molar-refractivity contribution < 1.29 is 14.3 Å². The first-order chi connectivity index (χ1) is 11.6. The molecule has 2 rings (SSSR count). The number of amides is 3. The fourth-order valence-electron chi connectivity index (χ4n) is 3.20. The van der Waals surface area contributed by atoms with Crippen molar-refractivity contribution in [1.82, 2.24) is 15.2 Å². The van der Waals surface area contributed by atoms with Crippen molar-refractivity contribution in [2.45, 2.75) is 58.9 Å². The second-order valence-electron chi connectivity index (χ2n) is 6.05. The van der Waals surface area contributed by atoms with E-state index >= 15 is 0 Å². The molecule has 1 saturated carbocycles. The molecular formula is C18H27N3O3. The highest BCUT2D eigenvalue weighted by molar-refractivity contribution is 6.04. The number of pyridine rings is 1. The summed E-state index contributed by atoms with van der Waals surface area (Å²) in [7, 11) is 0. The average molecular weight is 333 g/mol. The number of urea groups is 1. The fraction of sp³-hybridized carbons (Fsp3) is 0.611. The first kappa shape index (κ1) is 18.2. The minimum absolute atomic E-state index is 0.233. The zero-order valence-corrected chi connectivity index (χ0v) is 14.8. The Bertz CT molecular complexity index is 583. The molecule has 1 aromatic rings. The highest BCUT2D eigenvalue weighted by atomic mass is 16.5. The van der Waals surface area contributed by atoms with Crippen LogP contribution in [-0.4, -0.2) is 41.0 Å². The molecule has 0 aliphatic heterocycles. The van der Waals surface area contributed by atoms with Gasteiger partial charge in [-0.05, 0) is 39.7 Å². The lowest BCUT2D eigenvalue weighted by molar-refractivity contribution is 0.0938. The summed E-state index contributed by atoms with van der Waals surface area (Å²) >= 11 is 0. The number of nitrogens with one attached hydrogen (secondary N) is 1. The van der Waals surface area contributed by atoms with Gasteiger partial charge in [-0.15, -0.1) is 0 Å². The minimum atomic E-state index is -0.415. The molecule has 0 atom stereocenters. The van der Waals surface area contributed by atoms with Gasteiger partial charge in [0.1, 0.15) is 0 Å². The Kier molecular flexibility index (Phi) is 6.58. The maximum atomic E-state index is 12.5. The Labute approximate surface area is 143 Å². The van der Waals surface area contributed by atoms with Crippen LogP contribution >= 0.6 is 0 Å². The molecule has 132 valence electrons. The molecule has 24 heavy (non-hydrogen) atoms. The number of rotatable bonds is 5. The number of carbonyl (C=O) groups excluding carboxylic acids is 2. The number of ether oxygens (including phenoxy) is 1. The van der Waals surface area contributed by atoms with E-state index in [4.69, 9.17) is 4.74 Å². The molecule has 0 radical (unpaired) electrons. The minimum Gasteiger partial charge on any atom is -0.478 e. The van der Waals surface area contributed by atoms with Crippen LogP contribution in [0.25, 0.3) is 0 Å². The van der Waals surface area contributed by atoms with Crippen molar-refractivity contribution in [3.63, 3.8) is 0 Å². The van der Waals surface area contributed by atoms with E-state index in [-0.39, 0.29) is 12.1 Å². The lowest BCUT2D eigenvalue weighted by Gasteiger charge is -2.33. The quantitative estimate of drug-likeness (QED) is 0.897. The highest BCUT2D eigenvalue weighted by Gasteiger charge is 2.26. The molecule has 0 bridgehead atoms. The number of carbonyl (C=O) groups is 2. The summed E-state index contributed by atoms with van der Waals surface area (Å²) in [5.74, 6) is 0.0672. The van der Waals surface area contributed by atoms with Gasteiger partial charge < -0.3 is 9.64 Å². The zero-order valence-electron chi connectivity index (χ0n) is 14.8. The molecule has 0 aromatic carbocycles. The van der Waals surface area contributed by atoms with Gasteiger partial charge >= 0.3 is 6.03 Å². The van der Waals surface area contributed by atoms with E-state index in [1.165, 1.54) is 6.42 Å². The van der Waals surface area contributed by atoms with Crippen LogP contribution in [0.1, 0.15) is 62.0 Å². The topological polar surface area (TPSA) is 71.5 Å². The molecular weight excluding hydrogens is 306 g/mol. The molecule has 1 aliphatic carbocycles. The molecule has 1 aliphatic rings. The van der Waals surface area contributed by atoms with Crippen molar-refractivity contribution in [2.24, 2.45) is 0 Å². The second-order valence-corrected chi connectivity index (χ2v) is 6.05. The van der Waals surface area contributed by atoms with Crippen molar-refractivity contribution in [3.05, 3.63) is 23.4 Å². The highest BCUT2D eigenvalue weighted by Crippen LogP contribution is 2.22. The lowest BCUT2D eigenvalue weighted by Crippen LogP contribution is -2.48. The number of aromatic nitrogens is 1. The Hall–Kier alpha value is -2.11. The third-order valence-corrected chi connectivity index (χ3v) is 4.43. The van der Waals surface area contributed by atoms with Crippen LogP contribution in [0.5, 0.6) is 5.88 Å². The molecule has 0 saturated heterocycles. The van der Waals surface area contributed by atoms with Gasteiger partial charge in [0, 0.05) is 18.7 Å². The van der Waals surface area contributed by atoms with Gasteiger partial charge in [-0.25, -0.2) is 9.78 Å². The predicted molar refractivity (Wildman–Crippen MR) is 92.3 cm³/mol. The van der Waals surface area contributed by atoms with E-state index in [1.54, 1.807) is 24.0 Å². The van der Waals surface area contributed by atoms with Crippen molar-refractivity contribution in [1.29, 1.82) is 0 Å². The molecule has 1 aromatic heterocycles. The van der Waals surface area contributed by atoms with Crippen molar-refractivity contribution >= 4 is 11.9 Å². The molecule has 0 unspecified atom stereocenters. The first-order valence-corrected chi connectivity index (χ1v) is 8.79. The monoisotopic (exact) mass is 333 g/mol. The van der Waals surface area contributed by atoms with E-state index in [0.29, 0.717) is 30.3 Å². The van der Waals surface area contributed by atoms with Gasteiger partial charge in [0.15, 0.2) is 0 Å². The number of imide groups is 1. The summed E-state index contributed by atoms with van der Waals surface area (Å²) in [6.07, 6.45) is 5.54. The van der Waals surface area contributed by atoms with E-state index in [0.717, 1.165) is 25.7 Å². The summed E-state index contributed by atoms with van der Waals surface area (Å²) in [4.78, 5) is 30.9. The standard InChI is InChI=1S/C18H27N3O3/c1-4-21(14-9-7-6-8-10-14)18(23)20-17(22)15-11-12-16(24-5-2)19-13(15)3/h11-12,14H,4-10H2,1-3H3,(H,20,22,23). The molecule has 1 heterocycles. The van der Waals surface area contributed by atoms with E-state index in [2.05, 4.69) is 10.3 Å². The van der Waals surface area contributed by atoms with E-state index in [9.17, 15) is 9.59 Å². The number of nitrogens with zero attached hydrogens (tertiary/aromatic N) is 2. The van der Waals surface area contributed by atoms with Gasteiger partial charge in [-0.3, -0.25) is 10.1 Å². The summed E-state index contributed by atoms with van der Waals surface area (Å²) in [5.41, 5.74) is 0.943. The number of hydrogen-bond acceptors (Lipinski definition) is 4. The van der Waals surface area contributed by atoms with E-state index < -0.39 is 5.91 Å². The molecule has 1 N–H and O–H groups in total. The summed E-state index contributed by atoms with van der Waals surface area (Å²) in [6.45, 7) is 6.68. The summed E-state index contributed by atoms with van der Waals surface area (Å²) in [5, 5.41) is 2.50. The predicted octanol–water partition coefficient (Wildman–Crippen LogP) is 3.29. The first-order valence-electron chi connectivity index (χ1n) is 8.79. The molecule has 1 fully saturated rings. The number of hydrogen-bond donors (Lipinski definition) is 1. The van der Waals surface area contributed by atoms with Gasteiger partial charge in [0.25, 0.3) is 5.91 Å². The summed E-state index contributed by atoms with van der Waals surface area (Å²) in [6, 6.07) is 3.21. The fourth-order valence-corrected chi connectivity index (χ4v) is 3.20. The molecule has 3 amide bonds. The third kappa shape index (κ3) is 4.46. The maximum absolute atomic E-state index is 12.5. The number of aryl methyl sites for hydroxylation is 1. The Morgan fingerprint density at radius 2 is 1.96 bits per heavy atom. The lowest BCUT2D eigenvalue weighted by atomic mass is 9.94. The second kappa shape index (κ2) is 8.66. The molecule has 0 spiro atoms. The smallest absolute Gasteiger partial charge is 0.324 e. The van der Waals surface area contributed by atoms with Crippen LogP contribution in [0.3, 0.4) is 0 Å². The van der Waals surface area contributed by atoms with Gasteiger partial charge in [-0.2, -0.15) is 0 Å². The molecule has 6 heteroatoms. The zero-order chi connectivity index (χ0) is 17.5. The Balaban J connectivity index is 2.03. The van der Waals surface area contributed by atoms with Gasteiger partial charge in [0.05, 0.1) is 17.9 Å². The van der Waals surface area contributed by atoms with Gasteiger partial charge in [0.2, 0.25) is 5.88 Å². The average Bonchev–Trinajstić information content (AvgIpc) is 2.56. The normalized spacial score (nSPS) is 15.0. The summed E-state index contributed by atoms with van der Waals surface area (Å²) < 4.78 is 5.32. The maximum Gasteiger partial charge on any atom is 0.324 e. The van der Waals surface area contributed by atoms with Crippen molar-refractivity contribution in [2.75, 3.05) is 13.2 Å². The SMILES string of the molecule is CCOc1ccc(C(=O)NC(=O)N(CC)C2CCCCC2)c(C)n1. The van der Waals surface area contributed by atoms with Crippen LogP contribution in [0, 0.1) is 6.92 Å². The van der Waals surface area contributed by atoms with Crippen molar-refractivity contribution in [3.8, 4) is 5.88 Å². The van der Waals surface area contributed by atoms with Crippen LogP contribution in [0.15, 0.2) is 12.1 Å². The van der Waals surface area contributed by atoms with E-state index in [1.807, 2.05) is 13.8 Å². The van der Waals surface area contributed by atoms with Crippen LogP contribution < -0.4 is 10.1 Å². The Morgan fingerprint density at radius 1 is 1.25 bits per heavy atom. The molecule has 6 nitrogen and oxygen atoms in total. The Morgan fingerprint density at radius 3 is 2.54 bits per heavy atom.